The summed E-state index contributed by atoms with van der Waals surface area (Å²) in [6.45, 7) is 8.26. The van der Waals surface area contributed by atoms with E-state index in [1.54, 1.807) is 0 Å². The third-order valence-electron chi connectivity index (χ3n) is 3.18. The fourth-order valence-electron chi connectivity index (χ4n) is 2.27. The van der Waals surface area contributed by atoms with Crippen LogP contribution in [-0.2, 0) is 6.54 Å². The first kappa shape index (κ1) is 16.1. The van der Waals surface area contributed by atoms with E-state index in [9.17, 15) is 0 Å². The molecular weight excluding hydrogens is 326 g/mol. The SMILES string of the molecule is CCCNCc1ccc(Oc2cc(C)cc(C)c2)c(Br)c1. The Labute approximate surface area is 135 Å². The molecule has 2 rings (SSSR count). The maximum Gasteiger partial charge on any atom is 0.141 e. The molecular formula is C18H22BrNO. The molecule has 0 aliphatic carbocycles. The molecule has 0 aromatic heterocycles. The molecule has 2 aromatic carbocycles. The van der Waals surface area contributed by atoms with E-state index in [0.29, 0.717) is 0 Å². The highest BCUT2D eigenvalue weighted by Crippen LogP contribution is 2.31. The number of hydrogen-bond acceptors (Lipinski definition) is 2. The van der Waals surface area contributed by atoms with E-state index in [4.69, 9.17) is 4.74 Å². The number of aryl methyl sites for hydroxylation is 2. The minimum atomic E-state index is 0.847. The van der Waals surface area contributed by atoms with Gasteiger partial charge >= 0.3 is 0 Å². The molecule has 21 heavy (non-hydrogen) atoms. The average molecular weight is 348 g/mol. The smallest absolute Gasteiger partial charge is 0.141 e. The molecule has 2 nitrogen and oxygen atoms in total. The van der Waals surface area contributed by atoms with Gasteiger partial charge in [-0.15, -0.1) is 0 Å². The van der Waals surface area contributed by atoms with Crippen LogP contribution in [0.25, 0.3) is 0 Å². The fraction of sp³-hybridized carbons (Fsp3) is 0.333. The zero-order chi connectivity index (χ0) is 15.2. The van der Waals surface area contributed by atoms with Gasteiger partial charge in [0.1, 0.15) is 11.5 Å². The van der Waals surface area contributed by atoms with Gasteiger partial charge in [-0.1, -0.05) is 19.1 Å². The largest absolute Gasteiger partial charge is 0.456 e. The van der Waals surface area contributed by atoms with Crippen molar-refractivity contribution in [2.45, 2.75) is 33.7 Å². The summed E-state index contributed by atoms with van der Waals surface area (Å²) in [7, 11) is 0. The molecule has 112 valence electrons. The zero-order valence-electron chi connectivity index (χ0n) is 12.9. The van der Waals surface area contributed by atoms with Crippen molar-refractivity contribution < 1.29 is 4.74 Å². The van der Waals surface area contributed by atoms with E-state index in [0.717, 1.165) is 35.5 Å². The van der Waals surface area contributed by atoms with Gasteiger partial charge in [0.05, 0.1) is 4.47 Å². The Hall–Kier alpha value is -1.32. The summed E-state index contributed by atoms with van der Waals surface area (Å²) in [5, 5.41) is 3.40. The lowest BCUT2D eigenvalue weighted by Gasteiger charge is -2.11. The first-order valence-electron chi connectivity index (χ1n) is 7.34. The van der Waals surface area contributed by atoms with Crippen LogP contribution < -0.4 is 10.1 Å². The Morgan fingerprint density at radius 1 is 1.05 bits per heavy atom. The highest BCUT2D eigenvalue weighted by Gasteiger charge is 2.05. The standard InChI is InChI=1S/C18H22BrNO/c1-4-7-20-12-15-5-6-18(17(19)11-15)21-16-9-13(2)8-14(3)10-16/h5-6,8-11,20H,4,7,12H2,1-3H3. The van der Waals surface area contributed by atoms with Gasteiger partial charge in [0.15, 0.2) is 0 Å². The normalized spacial score (nSPS) is 10.7. The summed E-state index contributed by atoms with van der Waals surface area (Å²) in [5.74, 6) is 1.73. The molecule has 0 saturated heterocycles. The highest BCUT2D eigenvalue weighted by molar-refractivity contribution is 9.10. The zero-order valence-corrected chi connectivity index (χ0v) is 14.5. The molecule has 0 amide bonds. The fourth-order valence-corrected chi connectivity index (χ4v) is 2.77. The molecule has 0 saturated carbocycles. The lowest BCUT2D eigenvalue weighted by Crippen LogP contribution is -2.13. The number of benzene rings is 2. The molecule has 0 fully saturated rings. The maximum atomic E-state index is 5.98. The van der Waals surface area contributed by atoms with Gasteiger partial charge in [-0.05, 0) is 83.7 Å². The first-order chi connectivity index (χ1) is 10.1. The van der Waals surface area contributed by atoms with Crippen LogP contribution in [0.5, 0.6) is 11.5 Å². The van der Waals surface area contributed by atoms with Gasteiger partial charge < -0.3 is 10.1 Å². The number of rotatable bonds is 6. The van der Waals surface area contributed by atoms with Crippen molar-refractivity contribution in [1.29, 1.82) is 0 Å². The minimum Gasteiger partial charge on any atom is -0.456 e. The van der Waals surface area contributed by atoms with Gasteiger partial charge in [-0.2, -0.15) is 0 Å². The quantitative estimate of drug-likeness (QED) is 0.710. The molecule has 0 radical (unpaired) electrons. The molecule has 0 heterocycles. The van der Waals surface area contributed by atoms with Crippen molar-refractivity contribution >= 4 is 15.9 Å². The maximum absolute atomic E-state index is 5.98. The molecule has 0 bridgehead atoms. The number of ether oxygens (including phenoxy) is 1. The molecule has 3 heteroatoms. The Morgan fingerprint density at radius 2 is 1.76 bits per heavy atom. The van der Waals surface area contributed by atoms with Crippen LogP contribution in [0.4, 0.5) is 0 Å². The number of halogens is 1. The Kier molecular flexibility index (Phi) is 5.83. The van der Waals surface area contributed by atoms with Crippen molar-refractivity contribution in [3.05, 3.63) is 57.6 Å². The van der Waals surface area contributed by atoms with Crippen LogP contribution >= 0.6 is 15.9 Å². The molecule has 2 aromatic rings. The second-order valence-corrected chi connectivity index (χ2v) is 6.22. The third kappa shape index (κ3) is 4.87. The van der Waals surface area contributed by atoms with Gasteiger partial charge in [-0.25, -0.2) is 0 Å². The van der Waals surface area contributed by atoms with E-state index in [-0.39, 0.29) is 0 Å². The van der Waals surface area contributed by atoms with Gasteiger partial charge in [0, 0.05) is 6.54 Å². The van der Waals surface area contributed by atoms with Gasteiger partial charge in [0.25, 0.3) is 0 Å². The predicted molar refractivity (Wildman–Crippen MR) is 92.1 cm³/mol. The topological polar surface area (TPSA) is 21.3 Å². The lowest BCUT2D eigenvalue weighted by molar-refractivity contribution is 0.478. The number of nitrogens with one attached hydrogen (secondary N) is 1. The minimum absolute atomic E-state index is 0.847. The summed E-state index contributed by atoms with van der Waals surface area (Å²) in [6, 6.07) is 12.5. The molecule has 0 atom stereocenters. The Balaban J connectivity index is 2.10. The summed E-state index contributed by atoms with van der Waals surface area (Å²) in [6.07, 6.45) is 1.15. The van der Waals surface area contributed by atoms with E-state index in [1.165, 1.54) is 16.7 Å². The summed E-state index contributed by atoms with van der Waals surface area (Å²) in [4.78, 5) is 0. The van der Waals surface area contributed by atoms with Crippen LogP contribution in [0.15, 0.2) is 40.9 Å². The van der Waals surface area contributed by atoms with Crippen molar-refractivity contribution in [3.63, 3.8) is 0 Å². The molecule has 0 spiro atoms. The summed E-state index contributed by atoms with van der Waals surface area (Å²) >= 11 is 3.60. The first-order valence-corrected chi connectivity index (χ1v) is 8.13. The van der Waals surface area contributed by atoms with Gasteiger partial charge in [-0.3, -0.25) is 0 Å². The van der Waals surface area contributed by atoms with Crippen LogP contribution in [0.3, 0.4) is 0 Å². The average Bonchev–Trinajstić information content (AvgIpc) is 2.41. The summed E-state index contributed by atoms with van der Waals surface area (Å²) in [5.41, 5.74) is 3.67. The van der Waals surface area contributed by atoms with Crippen molar-refractivity contribution in [1.82, 2.24) is 5.32 Å². The molecule has 0 aliphatic rings. The monoisotopic (exact) mass is 347 g/mol. The number of hydrogen-bond donors (Lipinski definition) is 1. The van der Waals surface area contributed by atoms with E-state index in [2.05, 4.69) is 72.3 Å². The van der Waals surface area contributed by atoms with Crippen LogP contribution in [0.1, 0.15) is 30.0 Å². The highest BCUT2D eigenvalue weighted by atomic mass is 79.9. The third-order valence-corrected chi connectivity index (χ3v) is 3.79. The van der Waals surface area contributed by atoms with E-state index < -0.39 is 0 Å². The van der Waals surface area contributed by atoms with Crippen LogP contribution in [0.2, 0.25) is 0 Å². The van der Waals surface area contributed by atoms with Crippen molar-refractivity contribution in [2.24, 2.45) is 0 Å². The Bertz CT molecular complexity index is 590. The molecule has 0 unspecified atom stereocenters. The van der Waals surface area contributed by atoms with Gasteiger partial charge in [0.2, 0.25) is 0 Å². The predicted octanol–water partition coefficient (Wildman–Crippen LogP) is 5.36. The molecule has 1 N–H and O–H groups in total. The van der Waals surface area contributed by atoms with E-state index >= 15 is 0 Å². The Morgan fingerprint density at radius 3 is 2.38 bits per heavy atom. The molecule has 0 aliphatic heterocycles. The second-order valence-electron chi connectivity index (χ2n) is 5.37. The van der Waals surface area contributed by atoms with Crippen LogP contribution in [-0.4, -0.2) is 6.54 Å². The van der Waals surface area contributed by atoms with Crippen molar-refractivity contribution in [2.75, 3.05) is 6.54 Å². The van der Waals surface area contributed by atoms with Crippen molar-refractivity contribution in [3.8, 4) is 11.5 Å². The summed E-state index contributed by atoms with van der Waals surface area (Å²) < 4.78 is 6.97. The van der Waals surface area contributed by atoms with E-state index in [1.807, 2.05) is 6.07 Å². The second kappa shape index (κ2) is 7.62. The lowest BCUT2D eigenvalue weighted by atomic mass is 10.1. The van der Waals surface area contributed by atoms with Crippen LogP contribution in [0, 0.1) is 13.8 Å².